The Labute approximate surface area is 153 Å². The molecular formula is C18H22N4O3S. The highest BCUT2D eigenvalue weighted by Crippen LogP contribution is 2.31. The second kappa shape index (κ2) is 6.21. The first-order valence-corrected chi connectivity index (χ1v) is 10.3. The third kappa shape index (κ3) is 2.64. The number of amides is 1. The molecule has 2 aliphatic rings. The van der Waals surface area contributed by atoms with Gasteiger partial charge in [0.1, 0.15) is 6.04 Å². The van der Waals surface area contributed by atoms with E-state index < -0.39 is 16.1 Å². The van der Waals surface area contributed by atoms with Crippen LogP contribution in [-0.2, 0) is 14.8 Å². The van der Waals surface area contributed by atoms with Crippen molar-refractivity contribution in [3.8, 4) is 5.69 Å². The second-order valence-electron chi connectivity index (χ2n) is 6.98. The first kappa shape index (κ1) is 17.2. The van der Waals surface area contributed by atoms with Crippen LogP contribution in [0.2, 0.25) is 0 Å². The van der Waals surface area contributed by atoms with Crippen molar-refractivity contribution in [1.29, 1.82) is 0 Å². The summed E-state index contributed by atoms with van der Waals surface area (Å²) in [6.45, 7) is 4.55. The Morgan fingerprint density at radius 1 is 1.27 bits per heavy atom. The zero-order valence-electron chi connectivity index (χ0n) is 14.9. The van der Waals surface area contributed by atoms with E-state index in [0.29, 0.717) is 17.8 Å². The molecule has 1 amide bonds. The molecule has 0 N–H and O–H groups in total. The molecule has 138 valence electrons. The number of carbonyl (C=O) groups is 1. The Morgan fingerprint density at radius 2 is 2.08 bits per heavy atom. The Bertz CT molecular complexity index is 939. The lowest BCUT2D eigenvalue weighted by atomic mass is 10.1. The van der Waals surface area contributed by atoms with E-state index in [4.69, 9.17) is 0 Å². The minimum absolute atomic E-state index is 0.0110. The highest BCUT2D eigenvalue weighted by Gasteiger charge is 2.45. The van der Waals surface area contributed by atoms with E-state index in [-0.39, 0.29) is 16.8 Å². The van der Waals surface area contributed by atoms with E-state index in [2.05, 4.69) is 5.10 Å². The van der Waals surface area contributed by atoms with Gasteiger partial charge in [0.25, 0.3) is 0 Å². The van der Waals surface area contributed by atoms with E-state index in [9.17, 15) is 13.2 Å². The lowest BCUT2D eigenvalue weighted by Crippen LogP contribution is -2.59. The van der Waals surface area contributed by atoms with Gasteiger partial charge >= 0.3 is 0 Å². The third-order valence-electron chi connectivity index (χ3n) is 5.37. The molecule has 2 aromatic rings. The van der Waals surface area contributed by atoms with Crippen molar-refractivity contribution in [2.45, 2.75) is 43.7 Å². The Balaban J connectivity index is 1.74. The Hall–Kier alpha value is -2.19. The molecule has 3 heterocycles. The molecule has 1 aromatic carbocycles. The molecule has 8 heteroatoms. The van der Waals surface area contributed by atoms with Gasteiger partial charge in [0.2, 0.25) is 15.9 Å². The van der Waals surface area contributed by atoms with Crippen LogP contribution in [0.1, 0.15) is 25.3 Å². The summed E-state index contributed by atoms with van der Waals surface area (Å²) >= 11 is 0. The van der Waals surface area contributed by atoms with Gasteiger partial charge in [-0.15, -0.1) is 0 Å². The van der Waals surface area contributed by atoms with Crippen molar-refractivity contribution >= 4 is 15.9 Å². The van der Waals surface area contributed by atoms with Crippen LogP contribution in [-0.4, -0.2) is 58.5 Å². The number of fused-ring (bicyclic) bond motifs is 1. The summed E-state index contributed by atoms with van der Waals surface area (Å²) in [6.07, 6.45) is 5.21. The summed E-state index contributed by atoms with van der Waals surface area (Å²) in [7, 11) is -3.78. The number of nitrogens with zero attached hydrogens (tertiary/aromatic N) is 4. The summed E-state index contributed by atoms with van der Waals surface area (Å²) in [5, 5.41) is 4.17. The van der Waals surface area contributed by atoms with Crippen LogP contribution in [0.4, 0.5) is 0 Å². The average Bonchev–Trinajstić information content (AvgIpc) is 3.29. The number of aryl methyl sites for hydroxylation is 1. The fraction of sp³-hybridized carbons (Fsp3) is 0.444. The highest BCUT2D eigenvalue weighted by molar-refractivity contribution is 7.89. The molecule has 2 aliphatic heterocycles. The zero-order valence-corrected chi connectivity index (χ0v) is 15.7. The predicted octanol–water partition coefficient (Wildman–Crippen LogP) is 1.56. The van der Waals surface area contributed by atoms with E-state index in [0.717, 1.165) is 19.4 Å². The first-order chi connectivity index (χ1) is 12.4. The molecule has 4 rings (SSSR count). The van der Waals surface area contributed by atoms with Gasteiger partial charge in [-0.1, -0.05) is 6.07 Å². The number of benzene rings is 1. The van der Waals surface area contributed by atoms with E-state index >= 15 is 0 Å². The maximum atomic E-state index is 13.4. The summed E-state index contributed by atoms with van der Waals surface area (Å²) in [4.78, 5) is 14.7. The van der Waals surface area contributed by atoms with Gasteiger partial charge in [0, 0.05) is 31.5 Å². The van der Waals surface area contributed by atoms with Gasteiger partial charge < -0.3 is 4.90 Å². The number of aromatic nitrogens is 2. The number of rotatable bonds is 3. The second-order valence-corrected chi connectivity index (χ2v) is 8.84. The molecule has 2 atom stereocenters. The minimum Gasteiger partial charge on any atom is -0.337 e. The average molecular weight is 374 g/mol. The molecule has 7 nitrogen and oxygen atoms in total. The van der Waals surface area contributed by atoms with Crippen molar-refractivity contribution < 1.29 is 13.2 Å². The fourth-order valence-corrected chi connectivity index (χ4v) is 5.78. The maximum Gasteiger partial charge on any atom is 0.244 e. The lowest BCUT2D eigenvalue weighted by molar-refractivity contribution is -0.139. The number of hydrogen-bond donors (Lipinski definition) is 0. The smallest absolute Gasteiger partial charge is 0.244 e. The molecular weight excluding hydrogens is 352 g/mol. The standard InChI is InChI=1S/C18H22N4O3S/c1-13-6-7-15(21-10-4-8-19-21)11-17(13)26(24,25)22-12-16-5-3-9-20(16)18(23)14(22)2/h4,6-8,10-11,14,16H,3,5,9,12H2,1-2H3/t14-,16+/m0/s1. The first-order valence-electron chi connectivity index (χ1n) is 8.82. The lowest BCUT2D eigenvalue weighted by Gasteiger charge is -2.40. The fourth-order valence-electron chi connectivity index (χ4n) is 3.91. The molecule has 0 bridgehead atoms. The monoisotopic (exact) mass is 374 g/mol. The van der Waals surface area contributed by atoms with Crippen molar-refractivity contribution in [2.75, 3.05) is 13.1 Å². The molecule has 2 saturated heterocycles. The quantitative estimate of drug-likeness (QED) is 0.817. The topological polar surface area (TPSA) is 75.5 Å². The SMILES string of the molecule is Cc1ccc(-n2cccn2)cc1S(=O)(=O)N1C[C@H]2CCCN2C(=O)[C@@H]1C. The predicted molar refractivity (Wildman–Crippen MR) is 96.4 cm³/mol. The third-order valence-corrected chi connectivity index (χ3v) is 7.45. The Kier molecular flexibility index (Phi) is 4.11. The van der Waals surface area contributed by atoms with Gasteiger partial charge in [-0.3, -0.25) is 4.79 Å². The molecule has 0 aliphatic carbocycles. The highest BCUT2D eigenvalue weighted by atomic mass is 32.2. The molecule has 0 saturated carbocycles. The number of carbonyl (C=O) groups excluding carboxylic acids is 1. The summed E-state index contributed by atoms with van der Waals surface area (Å²) < 4.78 is 29.8. The molecule has 2 fully saturated rings. The van der Waals surface area contributed by atoms with Gasteiger partial charge in [0.05, 0.1) is 10.6 Å². The van der Waals surface area contributed by atoms with Crippen LogP contribution >= 0.6 is 0 Å². The van der Waals surface area contributed by atoms with E-state index in [1.54, 1.807) is 49.1 Å². The van der Waals surface area contributed by atoms with E-state index in [1.807, 2.05) is 11.0 Å². The van der Waals surface area contributed by atoms with Crippen molar-refractivity contribution in [1.82, 2.24) is 19.0 Å². The van der Waals surface area contributed by atoms with Crippen LogP contribution in [0.15, 0.2) is 41.6 Å². The van der Waals surface area contributed by atoms with Gasteiger partial charge in [-0.25, -0.2) is 13.1 Å². The van der Waals surface area contributed by atoms with Crippen LogP contribution in [0.3, 0.4) is 0 Å². The summed E-state index contributed by atoms with van der Waals surface area (Å²) in [5.74, 6) is -0.0943. The number of piperazine rings is 1. The maximum absolute atomic E-state index is 13.4. The largest absolute Gasteiger partial charge is 0.337 e. The zero-order chi connectivity index (χ0) is 18.5. The van der Waals surface area contributed by atoms with Gasteiger partial charge in [-0.05, 0) is 50.5 Å². The van der Waals surface area contributed by atoms with Crippen molar-refractivity contribution in [3.05, 3.63) is 42.2 Å². The molecule has 0 spiro atoms. The molecule has 0 radical (unpaired) electrons. The van der Waals surface area contributed by atoms with Crippen LogP contribution in [0.25, 0.3) is 5.69 Å². The summed E-state index contributed by atoms with van der Waals surface area (Å²) in [6, 6.07) is 6.35. The minimum atomic E-state index is -3.78. The molecule has 26 heavy (non-hydrogen) atoms. The van der Waals surface area contributed by atoms with E-state index in [1.165, 1.54) is 4.31 Å². The molecule has 0 unspecified atom stereocenters. The van der Waals surface area contributed by atoms with Crippen LogP contribution in [0, 0.1) is 6.92 Å². The van der Waals surface area contributed by atoms with Crippen molar-refractivity contribution in [2.24, 2.45) is 0 Å². The van der Waals surface area contributed by atoms with Crippen LogP contribution < -0.4 is 0 Å². The van der Waals surface area contributed by atoms with Gasteiger partial charge in [0.15, 0.2) is 0 Å². The number of sulfonamides is 1. The van der Waals surface area contributed by atoms with Gasteiger partial charge in [-0.2, -0.15) is 9.40 Å². The molecule has 1 aromatic heterocycles. The number of hydrogen-bond acceptors (Lipinski definition) is 4. The Morgan fingerprint density at radius 3 is 2.81 bits per heavy atom. The summed E-state index contributed by atoms with van der Waals surface area (Å²) in [5.41, 5.74) is 1.34. The normalized spacial score (nSPS) is 24.1. The van der Waals surface area contributed by atoms with Crippen molar-refractivity contribution in [3.63, 3.8) is 0 Å². The van der Waals surface area contributed by atoms with Crippen LogP contribution in [0.5, 0.6) is 0 Å².